The lowest BCUT2D eigenvalue weighted by atomic mass is 10.1. The molecule has 0 saturated heterocycles. The Morgan fingerprint density at radius 3 is 2.69 bits per heavy atom. The van der Waals surface area contributed by atoms with Crippen molar-refractivity contribution < 1.29 is 9.53 Å². The van der Waals surface area contributed by atoms with Crippen LogP contribution in [0.1, 0.15) is 15.9 Å². The van der Waals surface area contributed by atoms with Crippen LogP contribution in [0, 0.1) is 0 Å². The molecule has 0 atom stereocenters. The van der Waals surface area contributed by atoms with Gasteiger partial charge in [-0.2, -0.15) is 9.97 Å². The summed E-state index contributed by atoms with van der Waals surface area (Å²) in [5, 5.41) is 6.20. The quantitative estimate of drug-likeness (QED) is 0.276. The van der Waals surface area contributed by atoms with Crippen LogP contribution in [0.5, 0.6) is 0 Å². The number of methoxy groups -OCH3 is 1. The van der Waals surface area contributed by atoms with E-state index in [4.69, 9.17) is 22.1 Å². The van der Waals surface area contributed by atoms with E-state index in [0.29, 0.717) is 53.6 Å². The van der Waals surface area contributed by atoms with Gasteiger partial charge in [0.15, 0.2) is 17.0 Å². The van der Waals surface area contributed by atoms with Crippen LogP contribution in [0.25, 0.3) is 11.2 Å². The number of nitrogens with zero attached hydrogens (tertiary/aromatic N) is 4. The standard InChI is InChI=1S/C22H22ClN7O2/c1-32-11-10-30-13-26-18-19(28-22(23)29-20(18)30)25-12-14-6-8-15(9-7-14)21(31)27-17-5-3-2-4-16(17)24/h2-9,13H,10-12,24H2,1H3,(H,27,31)(H,25,28,29). The number of fused-ring (bicyclic) bond motifs is 1. The number of benzene rings is 2. The summed E-state index contributed by atoms with van der Waals surface area (Å²) in [6.45, 7) is 1.62. The summed E-state index contributed by atoms with van der Waals surface area (Å²) in [6, 6.07) is 14.4. The number of nitrogens with one attached hydrogen (secondary N) is 2. The van der Waals surface area contributed by atoms with E-state index < -0.39 is 0 Å². The molecule has 4 rings (SSSR count). The molecule has 2 aromatic carbocycles. The molecule has 0 radical (unpaired) electrons. The Balaban J connectivity index is 1.44. The first-order valence-electron chi connectivity index (χ1n) is 9.91. The highest BCUT2D eigenvalue weighted by molar-refractivity contribution is 6.28. The Kier molecular flexibility index (Phi) is 6.48. The number of nitrogens with two attached hydrogens (primary N) is 1. The fourth-order valence-electron chi connectivity index (χ4n) is 3.16. The summed E-state index contributed by atoms with van der Waals surface area (Å²) in [5.74, 6) is 0.311. The molecular weight excluding hydrogens is 430 g/mol. The average Bonchev–Trinajstić information content (AvgIpc) is 3.20. The normalized spacial score (nSPS) is 10.9. The number of hydrogen-bond donors (Lipinski definition) is 3. The zero-order valence-corrected chi connectivity index (χ0v) is 18.1. The number of hydrogen-bond acceptors (Lipinski definition) is 7. The van der Waals surface area contributed by atoms with Crippen LogP contribution in [-0.2, 0) is 17.8 Å². The number of nitrogen functional groups attached to an aromatic ring is 1. The van der Waals surface area contributed by atoms with Gasteiger partial charge in [-0.1, -0.05) is 24.3 Å². The van der Waals surface area contributed by atoms with Gasteiger partial charge in [0, 0.05) is 25.8 Å². The second-order valence-corrected chi connectivity index (χ2v) is 7.37. The average molecular weight is 452 g/mol. The summed E-state index contributed by atoms with van der Waals surface area (Å²) in [4.78, 5) is 25.4. The van der Waals surface area contributed by atoms with Gasteiger partial charge in [-0.3, -0.25) is 4.79 Å². The largest absolute Gasteiger partial charge is 0.397 e. The Labute approximate surface area is 189 Å². The first-order chi connectivity index (χ1) is 15.5. The maximum Gasteiger partial charge on any atom is 0.255 e. The molecule has 1 amide bonds. The van der Waals surface area contributed by atoms with E-state index in [0.717, 1.165) is 5.56 Å². The minimum atomic E-state index is -0.228. The maximum absolute atomic E-state index is 12.5. The number of rotatable bonds is 8. The van der Waals surface area contributed by atoms with E-state index in [1.807, 2.05) is 28.8 Å². The van der Waals surface area contributed by atoms with Crippen LogP contribution in [-0.4, -0.2) is 39.1 Å². The van der Waals surface area contributed by atoms with Crippen LogP contribution >= 0.6 is 11.6 Å². The molecule has 0 unspecified atom stereocenters. The maximum atomic E-state index is 12.5. The molecule has 2 heterocycles. The molecule has 0 aliphatic carbocycles. The molecular formula is C22H22ClN7O2. The predicted molar refractivity (Wildman–Crippen MR) is 125 cm³/mol. The van der Waals surface area contributed by atoms with Crippen molar-refractivity contribution in [1.29, 1.82) is 0 Å². The highest BCUT2D eigenvalue weighted by Gasteiger charge is 2.13. The van der Waals surface area contributed by atoms with E-state index >= 15 is 0 Å². The first kappa shape index (κ1) is 21.5. The van der Waals surface area contributed by atoms with Crippen LogP contribution < -0.4 is 16.4 Å². The van der Waals surface area contributed by atoms with Crippen LogP contribution in [0.3, 0.4) is 0 Å². The Morgan fingerprint density at radius 2 is 1.94 bits per heavy atom. The molecule has 2 aromatic heterocycles. The fourth-order valence-corrected chi connectivity index (χ4v) is 3.32. The second-order valence-electron chi connectivity index (χ2n) is 7.04. The smallest absolute Gasteiger partial charge is 0.255 e. The minimum absolute atomic E-state index is 0.131. The highest BCUT2D eigenvalue weighted by atomic mass is 35.5. The Morgan fingerprint density at radius 1 is 1.16 bits per heavy atom. The van der Waals surface area contributed by atoms with E-state index in [1.165, 1.54) is 0 Å². The first-order valence-corrected chi connectivity index (χ1v) is 10.3. The number of para-hydroxylation sites is 2. The van der Waals surface area contributed by atoms with Crippen molar-refractivity contribution in [3.05, 3.63) is 71.3 Å². The molecule has 0 saturated carbocycles. The molecule has 0 spiro atoms. The molecule has 164 valence electrons. The lowest BCUT2D eigenvalue weighted by Crippen LogP contribution is -2.13. The van der Waals surface area contributed by atoms with Gasteiger partial charge in [-0.25, -0.2) is 4.98 Å². The van der Waals surface area contributed by atoms with Crippen LogP contribution in [0.15, 0.2) is 54.9 Å². The molecule has 10 heteroatoms. The number of aromatic nitrogens is 4. The van der Waals surface area contributed by atoms with Gasteiger partial charge < -0.3 is 25.7 Å². The molecule has 9 nitrogen and oxygen atoms in total. The fraction of sp³-hybridized carbons (Fsp3) is 0.182. The number of amides is 1. The van der Waals surface area contributed by atoms with Crippen molar-refractivity contribution in [2.45, 2.75) is 13.1 Å². The number of anilines is 3. The lowest BCUT2D eigenvalue weighted by Gasteiger charge is -2.10. The zero-order valence-electron chi connectivity index (χ0n) is 17.4. The summed E-state index contributed by atoms with van der Waals surface area (Å²) < 4.78 is 6.99. The molecule has 0 bridgehead atoms. The highest BCUT2D eigenvalue weighted by Crippen LogP contribution is 2.22. The van der Waals surface area contributed by atoms with E-state index in [2.05, 4.69) is 25.6 Å². The van der Waals surface area contributed by atoms with E-state index in [-0.39, 0.29) is 11.2 Å². The third-order valence-electron chi connectivity index (χ3n) is 4.86. The summed E-state index contributed by atoms with van der Waals surface area (Å²) in [5.41, 5.74) is 9.73. The van der Waals surface area contributed by atoms with E-state index in [9.17, 15) is 4.79 Å². The molecule has 4 aromatic rings. The molecule has 0 aliphatic heterocycles. The Hall–Kier alpha value is -3.69. The lowest BCUT2D eigenvalue weighted by molar-refractivity contribution is 0.102. The minimum Gasteiger partial charge on any atom is -0.397 e. The Bertz CT molecular complexity index is 1240. The molecule has 0 aliphatic rings. The molecule has 0 fully saturated rings. The predicted octanol–water partition coefficient (Wildman–Crippen LogP) is 3.57. The van der Waals surface area contributed by atoms with Crippen molar-refractivity contribution in [3.8, 4) is 0 Å². The summed E-state index contributed by atoms with van der Waals surface area (Å²) >= 11 is 6.11. The molecule has 32 heavy (non-hydrogen) atoms. The monoisotopic (exact) mass is 451 g/mol. The zero-order chi connectivity index (χ0) is 22.5. The van der Waals surface area contributed by atoms with Crippen molar-refractivity contribution >= 4 is 45.9 Å². The van der Waals surface area contributed by atoms with Crippen LogP contribution in [0.2, 0.25) is 5.28 Å². The van der Waals surface area contributed by atoms with Crippen LogP contribution in [0.4, 0.5) is 17.2 Å². The van der Waals surface area contributed by atoms with Gasteiger partial charge >= 0.3 is 0 Å². The number of halogens is 1. The van der Waals surface area contributed by atoms with E-state index in [1.54, 1.807) is 37.7 Å². The van der Waals surface area contributed by atoms with Gasteiger partial charge in [0.2, 0.25) is 5.28 Å². The molecule has 4 N–H and O–H groups in total. The van der Waals surface area contributed by atoms with Crippen molar-refractivity contribution in [3.63, 3.8) is 0 Å². The van der Waals surface area contributed by atoms with Gasteiger partial charge in [-0.15, -0.1) is 0 Å². The number of carbonyl (C=O) groups is 1. The summed E-state index contributed by atoms with van der Waals surface area (Å²) in [6.07, 6.45) is 1.69. The number of ether oxygens (including phenoxy) is 1. The van der Waals surface area contributed by atoms with Crippen molar-refractivity contribution in [2.75, 3.05) is 30.1 Å². The number of carbonyl (C=O) groups excluding carboxylic acids is 1. The topological polar surface area (TPSA) is 120 Å². The van der Waals surface area contributed by atoms with Crippen molar-refractivity contribution in [2.24, 2.45) is 0 Å². The van der Waals surface area contributed by atoms with Gasteiger partial charge in [0.05, 0.1) is 24.3 Å². The van der Waals surface area contributed by atoms with Crippen molar-refractivity contribution in [1.82, 2.24) is 19.5 Å². The van der Waals surface area contributed by atoms with Gasteiger partial charge in [-0.05, 0) is 41.4 Å². The third kappa shape index (κ3) is 4.79. The number of imidazole rings is 1. The van der Waals surface area contributed by atoms with Gasteiger partial charge in [0.1, 0.15) is 0 Å². The SMILES string of the molecule is COCCn1cnc2c(NCc3ccc(C(=O)Nc4ccccc4N)cc3)nc(Cl)nc21. The second kappa shape index (κ2) is 9.63. The van der Waals surface area contributed by atoms with Gasteiger partial charge in [0.25, 0.3) is 5.91 Å². The summed E-state index contributed by atoms with van der Waals surface area (Å²) in [7, 11) is 1.64. The third-order valence-corrected chi connectivity index (χ3v) is 5.03.